The van der Waals surface area contributed by atoms with Gasteiger partial charge in [-0.2, -0.15) is 5.10 Å². The summed E-state index contributed by atoms with van der Waals surface area (Å²) in [6, 6.07) is 9.07. The van der Waals surface area contributed by atoms with Crippen molar-refractivity contribution in [2.75, 3.05) is 0 Å². The van der Waals surface area contributed by atoms with Crippen molar-refractivity contribution in [1.29, 1.82) is 0 Å². The van der Waals surface area contributed by atoms with Crippen LogP contribution in [0.4, 0.5) is 0 Å². The topological polar surface area (TPSA) is 29.9 Å². The molecular weight excluding hydrogens is 258 g/mol. The Morgan fingerprint density at radius 1 is 1.19 bits per heavy atom. The lowest BCUT2D eigenvalue weighted by atomic mass is 10.0. The second-order valence-corrected chi connectivity index (χ2v) is 6.07. The molecule has 3 heteroatoms. The highest BCUT2D eigenvalue weighted by Gasteiger charge is 2.13. The highest BCUT2D eigenvalue weighted by atomic mass is 15.3. The molecule has 2 rings (SSSR count). The molecule has 1 atom stereocenters. The molecule has 1 N–H and O–H groups in total. The predicted octanol–water partition coefficient (Wildman–Crippen LogP) is 4.19. The van der Waals surface area contributed by atoms with E-state index in [0.717, 1.165) is 13.0 Å². The smallest absolute Gasteiger partial charge is 0.0683 e. The van der Waals surface area contributed by atoms with Gasteiger partial charge in [0.15, 0.2) is 0 Å². The van der Waals surface area contributed by atoms with Gasteiger partial charge in [-0.05, 0) is 37.8 Å². The molecule has 0 bridgehead atoms. The minimum Gasteiger partial charge on any atom is -0.310 e. The van der Waals surface area contributed by atoms with Crippen LogP contribution in [0.15, 0.2) is 30.5 Å². The highest BCUT2D eigenvalue weighted by Crippen LogP contribution is 2.24. The summed E-state index contributed by atoms with van der Waals surface area (Å²) in [5, 5.41) is 8.15. The predicted molar refractivity (Wildman–Crippen MR) is 89.0 cm³/mol. The summed E-state index contributed by atoms with van der Waals surface area (Å²) in [5.41, 5.74) is 5.03. The molecule has 114 valence electrons. The van der Waals surface area contributed by atoms with Crippen LogP contribution < -0.4 is 5.32 Å². The quantitative estimate of drug-likeness (QED) is 0.862. The first kappa shape index (κ1) is 15.8. The molecule has 2 aromatic rings. The van der Waals surface area contributed by atoms with Crippen molar-refractivity contribution < 1.29 is 0 Å². The largest absolute Gasteiger partial charge is 0.310 e. The van der Waals surface area contributed by atoms with Crippen LogP contribution in [-0.2, 0) is 6.54 Å². The molecular formula is C18H27N3. The summed E-state index contributed by atoms with van der Waals surface area (Å²) in [6.07, 6.45) is 3.13. The van der Waals surface area contributed by atoms with Gasteiger partial charge in [0, 0.05) is 23.8 Å². The Labute approximate surface area is 128 Å². The molecule has 0 spiro atoms. The fourth-order valence-corrected chi connectivity index (χ4v) is 2.46. The monoisotopic (exact) mass is 285 g/mol. The minimum absolute atomic E-state index is 0.492. The van der Waals surface area contributed by atoms with Crippen LogP contribution in [0.3, 0.4) is 0 Å². The summed E-state index contributed by atoms with van der Waals surface area (Å²) in [7, 11) is 0. The molecule has 0 saturated heterocycles. The van der Waals surface area contributed by atoms with Crippen LogP contribution in [0.5, 0.6) is 0 Å². The number of nitrogens with one attached hydrogen (secondary N) is 1. The number of hydrogen-bond acceptors (Lipinski definition) is 2. The van der Waals surface area contributed by atoms with E-state index in [4.69, 9.17) is 0 Å². The summed E-state index contributed by atoms with van der Waals surface area (Å²) in [5.74, 6) is 0.492. The lowest BCUT2D eigenvalue weighted by Gasteiger charge is -2.14. The zero-order valence-corrected chi connectivity index (χ0v) is 13.9. The number of benzene rings is 1. The first-order valence-electron chi connectivity index (χ1n) is 7.90. The number of aromatic nitrogens is 2. The molecule has 1 aromatic heterocycles. The normalized spacial score (nSPS) is 12.9. The van der Waals surface area contributed by atoms with E-state index in [0.29, 0.717) is 12.0 Å². The van der Waals surface area contributed by atoms with E-state index in [1.807, 2.05) is 6.20 Å². The maximum atomic E-state index is 4.61. The number of para-hydroxylation sites is 1. The fourth-order valence-electron chi connectivity index (χ4n) is 2.46. The van der Waals surface area contributed by atoms with Gasteiger partial charge in [-0.15, -0.1) is 0 Å². The Morgan fingerprint density at radius 3 is 2.57 bits per heavy atom. The van der Waals surface area contributed by atoms with Crippen molar-refractivity contribution >= 4 is 0 Å². The zero-order chi connectivity index (χ0) is 15.4. The third-order valence-corrected chi connectivity index (χ3v) is 4.15. The zero-order valence-electron chi connectivity index (χ0n) is 13.9. The molecule has 1 aromatic carbocycles. The van der Waals surface area contributed by atoms with Crippen LogP contribution >= 0.6 is 0 Å². The standard InChI is InChI=1S/C18H27N3/c1-6-14(4)19-11-16-12-20-21(15(16)5)18-10-8-7-9-17(18)13(2)3/h7-10,12-14,19H,6,11H2,1-5H3. The summed E-state index contributed by atoms with van der Waals surface area (Å²) < 4.78 is 2.07. The van der Waals surface area contributed by atoms with Crippen molar-refractivity contribution in [1.82, 2.24) is 15.1 Å². The number of hydrogen-bond donors (Lipinski definition) is 1. The lowest BCUT2D eigenvalue weighted by Crippen LogP contribution is -2.24. The highest BCUT2D eigenvalue weighted by molar-refractivity contribution is 5.44. The van der Waals surface area contributed by atoms with Crippen LogP contribution in [0, 0.1) is 6.92 Å². The van der Waals surface area contributed by atoms with Crippen LogP contribution in [0.25, 0.3) is 5.69 Å². The SMILES string of the molecule is CCC(C)NCc1cnn(-c2ccccc2C(C)C)c1C. The van der Waals surface area contributed by atoms with Gasteiger partial charge in [0.1, 0.15) is 0 Å². The third-order valence-electron chi connectivity index (χ3n) is 4.15. The second-order valence-electron chi connectivity index (χ2n) is 6.07. The Bertz CT molecular complexity index is 584. The van der Waals surface area contributed by atoms with Gasteiger partial charge in [0.25, 0.3) is 0 Å². The lowest BCUT2D eigenvalue weighted by molar-refractivity contribution is 0.533. The molecule has 3 nitrogen and oxygen atoms in total. The van der Waals surface area contributed by atoms with E-state index in [-0.39, 0.29) is 0 Å². The van der Waals surface area contributed by atoms with Crippen molar-refractivity contribution in [3.63, 3.8) is 0 Å². The van der Waals surface area contributed by atoms with Crippen molar-refractivity contribution in [2.24, 2.45) is 0 Å². The molecule has 0 saturated carbocycles. The van der Waals surface area contributed by atoms with Crippen molar-refractivity contribution in [3.05, 3.63) is 47.3 Å². The summed E-state index contributed by atoms with van der Waals surface area (Å²) in [4.78, 5) is 0. The molecule has 0 fully saturated rings. The van der Waals surface area contributed by atoms with Gasteiger partial charge in [-0.3, -0.25) is 0 Å². The summed E-state index contributed by atoms with van der Waals surface area (Å²) in [6.45, 7) is 11.9. The molecule has 0 aliphatic carbocycles. The first-order chi connectivity index (χ1) is 10.0. The van der Waals surface area contributed by atoms with E-state index in [2.05, 4.69) is 74.0 Å². The van der Waals surface area contributed by atoms with Crippen molar-refractivity contribution in [3.8, 4) is 5.69 Å². The molecule has 1 heterocycles. The maximum absolute atomic E-state index is 4.61. The van der Waals surface area contributed by atoms with E-state index in [9.17, 15) is 0 Å². The average molecular weight is 285 g/mol. The Morgan fingerprint density at radius 2 is 1.90 bits per heavy atom. The third kappa shape index (κ3) is 3.53. The van der Waals surface area contributed by atoms with E-state index in [1.54, 1.807) is 0 Å². The first-order valence-corrected chi connectivity index (χ1v) is 7.90. The number of rotatable bonds is 6. The van der Waals surface area contributed by atoms with Gasteiger partial charge in [-0.1, -0.05) is 39.0 Å². The Kier molecular flexibility index (Phi) is 5.18. The van der Waals surface area contributed by atoms with E-state index < -0.39 is 0 Å². The number of nitrogens with zero attached hydrogens (tertiary/aromatic N) is 2. The van der Waals surface area contributed by atoms with Gasteiger partial charge >= 0.3 is 0 Å². The van der Waals surface area contributed by atoms with E-state index in [1.165, 1.54) is 22.5 Å². The maximum Gasteiger partial charge on any atom is 0.0683 e. The van der Waals surface area contributed by atoms with Crippen LogP contribution in [0.2, 0.25) is 0 Å². The molecule has 0 amide bonds. The average Bonchev–Trinajstić information content (AvgIpc) is 2.85. The Hall–Kier alpha value is -1.61. The van der Waals surface area contributed by atoms with E-state index >= 15 is 0 Å². The molecule has 1 unspecified atom stereocenters. The van der Waals surface area contributed by atoms with Crippen LogP contribution in [-0.4, -0.2) is 15.8 Å². The van der Waals surface area contributed by atoms with Gasteiger partial charge < -0.3 is 5.32 Å². The Balaban J connectivity index is 2.28. The molecule has 21 heavy (non-hydrogen) atoms. The van der Waals surface area contributed by atoms with Gasteiger partial charge in [0.2, 0.25) is 0 Å². The molecule has 0 aliphatic heterocycles. The summed E-state index contributed by atoms with van der Waals surface area (Å²) >= 11 is 0. The minimum atomic E-state index is 0.492. The molecule has 0 radical (unpaired) electrons. The van der Waals surface area contributed by atoms with Crippen LogP contribution in [0.1, 0.15) is 56.9 Å². The van der Waals surface area contributed by atoms with Gasteiger partial charge in [0.05, 0.1) is 11.9 Å². The van der Waals surface area contributed by atoms with Crippen molar-refractivity contribution in [2.45, 2.75) is 59.5 Å². The second kappa shape index (κ2) is 6.90. The fraction of sp³-hybridized carbons (Fsp3) is 0.500. The van der Waals surface area contributed by atoms with Gasteiger partial charge in [-0.25, -0.2) is 4.68 Å². The molecule has 0 aliphatic rings.